The smallest absolute Gasteiger partial charge is 0.0540 e. The van der Waals surface area contributed by atoms with E-state index in [0.717, 1.165) is 17.1 Å². The molecule has 0 fully saturated rings. The van der Waals surface area contributed by atoms with Gasteiger partial charge in [-0.3, -0.25) is 0 Å². The van der Waals surface area contributed by atoms with Crippen molar-refractivity contribution in [2.75, 3.05) is 4.90 Å². The van der Waals surface area contributed by atoms with Crippen molar-refractivity contribution in [1.82, 2.24) is 0 Å². The SMILES string of the molecule is c1ccc(-c2ccccc2-c2ccccc2-c2ccccc2N(c2ccccc2)c2ccccc2)cc1. The lowest BCUT2D eigenvalue weighted by atomic mass is 9.88. The van der Waals surface area contributed by atoms with Crippen molar-refractivity contribution >= 4 is 17.1 Å². The molecule has 0 aliphatic heterocycles. The van der Waals surface area contributed by atoms with Crippen LogP contribution in [0.3, 0.4) is 0 Å². The molecule has 0 aromatic heterocycles. The van der Waals surface area contributed by atoms with E-state index in [1.54, 1.807) is 0 Å². The third kappa shape index (κ3) is 4.55. The lowest BCUT2D eigenvalue weighted by Gasteiger charge is -2.28. The molecule has 0 aliphatic carbocycles. The maximum atomic E-state index is 2.34. The van der Waals surface area contributed by atoms with Gasteiger partial charge in [-0.05, 0) is 58.1 Å². The van der Waals surface area contributed by atoms with Crippen LogP contribution in [0.15, 0.2) is 164 Å². The van der Waals surface area contributed by atoms with Gasteiger partial charge in [0.2, 0.25) is 0 Å². The van der Waals surface area contributed by atoms with Gasteiger partial charge in [0.1, 0.15) is 0 Å². The van der Waals surface area contributed by atoms with Crippen molar-refractivity contribution in [2.24, 2.45) is 0 Å². The molecule has 0 bridgehead atoms. The summed E-state index contributed by atoms with van der Waals surface area (Å²) in [6, 6.07) is 58.0. The maximum absolute atomic E-state index is 2.34. The van der Waals surface area contributed by atoms with Crippen molar-refractivity contribution in [3.8, 4) is 33.4 Å². The van der Waals surface area contributed by atoms with E-state index in [1.165, 1.54) is 33.4 Å². The van der Waals surface area contributed by atoms with Crippen molar-refractivity contribution in [3.05, 3.63) is 164 Å². The largest absolute Gasteiger partial charge is 0.310 e. The molecule has 0 unspecified atom stereocenters. The van der Waals surface area contributed by atoms with Gasteiger partial charge >= 0.3 is 0 Å². The molecule has 0 spiro atoms. The standard InChI is InChI=1S/C36H27N/c1-4-16-28(17-5-1)31-22-10-11-23-32(31)33-24-12-13-25-34(33)35-26-14-15-27-36(35)37(29-18-6-2-7-19-29)30-20-8-3-9-21-30/h1-27H. The van der Waals surface area contributed by atoms with Crippen LogP contribution in [0.2, 0.25) is 0 Å². The molecule has 0 heterocycles. The van der Waals surface area contributed by atoms with Crippen LogP contribution in [0.25, 0.3) is 33.4 Å². The van der Waals surface area contributed by atoms with Crippen LogP contribution < -0.4 is 4.90 Å². The number of nitrogens with zero attached hydrogens (tertiary/aromatic N) is 1. The quantitative estimate of drug-likeness (QED) is 0.233. The minimum atomic E-state index is 1.13. The number of para-hydroxylation sites is 3. The zero-order valence-electron chi connectivity index (χ0n) is 20.5. The predicted molar refractivity (Wildman–Crippen MR) is 157 cm³/mol. The fraction of sp³-hybridized carbons (Fsp3) is 0. The second kappa shape index (κ2) is 10.4. The van der Waals surface area contributed by atoms with E-state index in [1.807, 2.05) is 0 Å². The van der Waals surface area contributed by atoms with Crippen LogP contribution in [0.5, 0.6) is 0 Å². The zero-order valence-corrected chi connectivity index (χ0v) is 20.5. The number of hydrogen-bond donors (Lipinski definition) is 0. The Morgan fingerprint density at radius 2 is 0.622 bits per heavy atom. The fourth-order valence-corrected chi connectivity index (χ4v) is 5.02. The molecule has 0 N–H and O–H groups in total. The van der Waals surface area contributed by atoms with Gasteiger partial charge in [-0.15, -0.1) is 0 Å². The average Bonchev–Trinajstić information content (AvgIpc) is 2.99. The molecule has 176 valence electrons. The first kappa shape index (κ1) is 22.6. The summed E-state index contributed by atoms with van der Waals surface area (Å²) < 4.78 is 0. The van der Waals surface area contributed by atoms with Gasteiger partial charge in [0.25, 0.3) is 0 Å². The molecule has 6 rings (SSSR count). The van der Waals surface area contributed by atoms with Crippen LogP contribution >= 0.6 is 0 Å². The summed E-state index contributed by atoms with van der Waals surface area (Å²) in [5.41, 5.74) is 10.7. The Balaban J connectivity index is 1.57. The van der Waals surface area contributed by atoms with Gasteiger partial charge < -0.3 is 4.90 Å². The number of anilines is 3. The van der Waals surface area contributed by atoms with Crippen molar-refractivity contribution < 1.29 is 0 Å². The zero-order chi connectivity index (χ0) is 24.9. The molecule has 37 heavy (non-hydrogen) atoms. The van der Waals surface area contributed by atoms with Gasteiger partial charge in [0, 0.05) is 16.9 Å². The Bertz CT molecular complexity index is 1570. The molecule has 0 amide bonds. The highest BCUT2D eigenvalue weighted by Crippen LogP contribution is 2.44. The second-order valence-electron chi connectivity index (χ2n) is 8.98. The summed E-state index contributed by atoms with van der Waals surface area (Å²) in [6.07, 6.45) is 0. The molecule has 0 radical (unpaired) electrons. The van der Waals surface area contributed by atoms with E-state index >= 15 is 0 Å². The van der Waals surface area contributed by atoms with Gasteiger partial charge in [-0.25, -0.2) is 0 Å². The highest BCUT2D eigenvalue weighted by Gasteiger charge is 2.19. The van der Waals surface area contributed by atoms with Gasteiger partial charge in [0.15, 0.2) is 0 Å². The fourth-order valence-electron chi connectivity index (χ4n) is 5.02. The van der Waals surface area contributed by atoms with Gasteiger partial charge in [-0.2, -0.15) is 0 Å². The Morgan fingerprint density at radius 3 is 1.16 bits per heavy atom. The summed E-state index contributed by atoms with van der Waals surface area (Å²) in [7, 11) is 0. The van der Waals surface area contributed by atoms with E-state index in [-0.39, 0.29) is 0 Å². The molecule has 0 aliphatic rings. The van der Waals surface area contributed by atoms with Crippen molar-refractivity contribution in [2.45, 2.75) is 0 Å². The van der Waals surface area contributed by atoms with Crippen molar-refractivity contribution in [3.63, 3.8) is 0 Å². The summed E-state index contributed by atoms with van der Waals surface area (Å²) in [4.78, 5) is 2.34. The van der Waals surface area contributed by atoms with E-state index in [4.69, 9.17) is 0 Å². The summed E-state index contributed by atoms with van der Waals surface area (Å²) in [6.45, 7) is 0. The van der Waals surface area contributed by atoms with E-state index in [2.05, 4.69) is 169 Å². The minimum Gasteiger partial charge on any atom is -0.310 e. The lowest BCUT2D eigenvalue weighted by Crippen LogP contribution is -2.11. The monoisotopic (exact) mass is 473 g/mol. The predicted octanol–water partition coefficient (Wildman–Crippen LogP) is 10.2. The summed E-state index contributed by atoms with van der Waals surface area (Å²) in [5, 5.41) is 0. The average molecular weight is 474 g/mol. The number of rotatable bonds is 6. The first-order valence-electron chi connectivity index (χ1n) is 12.6. The summed E-state index contributed by atoms with van der Waals surface area (Å²) in [5.74, 6) is 0. The van der Waals surface area contributed by atoms with E-state index in [0.29, 0.717) is 0 Å². The molecule has 1 nitrogen and oxygen atoms in total. The Morgan fingerprint density at radius 1 is 0.270 bits per heavy atom. The van der Waals surface area contributed by atoms with E-state index < -0.39 is 0 Å². The Hall–Kier alpha value is -4.88. The Labute approximate surface area is 218 Å². The third-order valence-electron chi connectivity index (χ3n) is 6.69. The first-order chi connectivity index (χ1) is 18.4. The number of hydrogen-bond acceptors (Lipinski definition) is 1. The van der Waals surface area contributed by atoms with Crippen LogP contribution in [0, 0.1) is 0 Å². The van der Waals surface area contributed by atoms with Crippen LogP contribution in [0.1, 0.15) is 0 Å². The molecular weight excluding hydrogens is 446 g/mol. The van der Waals surface area contributed by atoms with Gasteiger partial charge in [-0.1, -0.05) is 133 Å². The third-order valence-corrected chi connectivity index (χ3v) is 6.69. The van der Waals surface area contributed by atoms with Crippen LogP contribution in [-0.4, -0.2) is 0 Å². The molecular formula is C36H27N. The molecule has 0 saturated heterocycles. The highest BCUT2D eigenvalue weighted by molar-refractivity contribution is 5.96. The normalized spacial score (nSPS) is 10.7. The maximum Gasteiger partial charge on any atom is 0.0540 e. The minimum absolute atomic E-state index is 1.13. The first-order valence-corrected chi connectivity index (χ1v) is 12.6. The van der Waals surface area contributed by atoms with Crippen molar-refractivity contribution in [1.29, 1.82) is 0 Å². The molecule has 6 aromatic carbocycles. The summed E-state index contributed by atoms with van der Waals surface area (Å²) >= 11 is 0. The Kier molecular flexibility index (Phi) is 6.34. The number of benzene rings is 6. The molecule has 1 heteroatoms. The molecule has 6 aromatic rings. The van der Waals surface area contributed by atoms with E-state index in [9.17, 15) is 0 Å². The van der Waals surface area contributed by atoms with Gasteiger partial charge in [0.05, 0.1) is 5.69 Å². The van der Waals surface area contributed by atoms with Crippen LogP contribution in [-0.2, 0) is 0 Å². The highest BCUT2D eigenvalue weighted by atomic mass is 15.1. The molecule has 0 saturated carbocycles. The lowest BCUT2D eigenvalue weighted by molar-refractivity contribution is 1.28. The second-order valence-corrected chi connectivity index (χ2v) is 8.98. The van der Waals surface area contributed by atoms with Crippen LogP contribution in [0.4, 0.5) is 17.1 Å². The molecule has 0 atom stereocenters. The topological polar surface area (TPSA) is 3.24 Å².